The van der Waals surface area contributed by atoms with Crippen molar-refractivity contribution >= 4 is 35.8 Å². The van der Waals surface area contributed by atoms with E-state index < -0.39 is 58.9 Å². The lowest BCUT2D eigenvalue weighted by atomic mass is 9.81. The molecular weight excluding hydrogens is 718 g/mol. The van der Waals surface area contributed by atoms with E-state index in [1.165, 1.54) is 0 Å². The molecule has 1 fully saturated rings. The van der Waals surface area contributed by atoms with Crippen LogP contribution in [0.5, 0.6) is 0 Å². The van der Waals surface area contributed by atoms with Gasteiger partial charge in [0.2, 0.25) is 11.8 Å². The summed E-state index contributed by atoms with van der Waals surface area (Å²) < 4.78 is 16.4. The Labute approximate surface area is 333 Å². The first-order chi connectivity index (χ1) is 25.9. The van der Waals surface area contributed by atoms with Crippen LogP contribution in [0.3, 0.4) is 0 Å². The fourth-order valence-corrected chi connectivity index (χ4v) is 6.18. The lowest BCUT2D eigenvalue weighted by molar-refractivity contribution is -0.159. The molecule has 1 aromatic carbocycles. The second-order valence-corrected chi connectivity index (χ2v) is 17.9. The number of hydrogen-bond acceptors (Lipinski definition) is 10. The monoisotopic (exact) mass is 788 g/mol. The van der Waals surface area contributed by atoms with E-state index in [2.05, 4.69) is 21.3 Å². The third kappa shape index (κ3) is 19.6. The van der Waals surface area contributed by atoms with Gasteiger partial charge in [-0.05, 0) is 139 Å². The number of carbonyl (C=O) groups excluding carboxylic acids is 6. The highest BCUT2D eigenvalue weighted by Gasteiger charge is 2.32. The van der Waals surface area contributed by atoms with Gasteiger partial charge in [-0.25, -0.2) is 14.4 Å². The fraction of sp³-hybridized carbons (Fsp3) is 0.714. The molecule has 1 saturated carbocycles. The molecule has 0 saturated heterocycles. The number of nitrogens with one attached hydrogen (secondary N) is 4. The van der Waals surface area contributed by atoms with Crippen LogP contribution in [0.4, 0.5) is 4.79 Å². The third-order valence-electron chi connectivity index (χ3n) is 9.01. The third-order valence-corrected chi connectivity index (χ3v) is 9.01. The Balaban J connectivity index is 2.07. The van der Waals surface area contributed by atoms with Gasteiger partial charge < -0.3 is 41.2 Å². The maximum Gasteiger partial charge on any atom is 0.329 e. The van der Waals surface area contributed by atoms with Gasteiger partial charge in [-0.1, -0.05) is 29.8 Å². The quantitative estimate of drug-likeness (QED) is 0.0772. The SMILES string of the molecule is Cc1ccc(C[C@H](NC(=O)C2CCC(CN)CC2)C(=O)NCCCC[C@H](NC(=O)N[C@@H](CCC(=O)OC(C)(C)C)C(=O)OC(C)(C)C)C(=O)OC(C)(C)C)cc1. The van der Waals surface area contributed by atoms with E-state index in [-0.39, 0.29) is 43.5 Å². The van der Waals surface area contributed by atoms with E-state index in [9.17, 15) is 28.8 Å². The second kappa shape index (κ2) is 21.9. The number of ether oxygens (including phenoxy) is 3. The first kappa shape index (κ1) is 48.0. The first-order valence-electron chi connectivity index (χ1n) is 20.0. The maximum atomic E-state index is 13.5. The van der Waals surface area contributed by atoms with Crippen molar-refractivity contribution < 1.29 is 43.0 Å². The average Bonchev–Trinajstić information content (AvgIpc) is 3.07. The van der Waals surface area contributed by atoms with E-state index in [0.29, 0.717) is 31.7 Å². The van der Waals surface area contributed by atoms with Crippen LogP contribution in [0.1, 0.15) is 131 Å². The Morgan fingerprint density at radius 1 is 0.696 bits per heavy atom. The number of aryl methyl sites for hydroxylation is 1. The normalized spacial score (nSPS) is 17.7. The minimum Gasteiger partial charge on any atom is -0.460 e. The fourth-order valence-electron chi connectivity index (χ4n) is 6.18. The van der Waals surface area contributed by atoms with E-state index in [1.807, 2.05) is 31.2 Å². The van der Waals surface area contributed by atoms with Crippen LogP contribution in [-0.2, 0) is 44.6 Å². The van der Waals surface area contributed by atoms with Crippen molar-refractivity contribution in [2.24, 2.45) is 17.6 Å². The molecule has 316 valence electrons. The summed E-state index contributed by atoms with van der Waals surface area (Å²) in [4.78, 5) is 78.8. The topological polar surface area (TPSA) is 204 Å². The molecule has 2 rings (SSSR count). The summed E-state index contributed by atoms with van der Waals surface area (Å²) in [6, 6.07) is 3.96. The highest BCUT2D eigenvalue weighted by molar-refractivity contribution is 5.89. The predicted molar refractivity (Wildman–Crippen MR) is 214 cm³/mol. The molecule has 0 aromatic heterocycles. The zero-order valence-corrected chi connectivity index (χ0v) is 35.4. The van der Waals surface area contributed by atoms with Gasteiger partial charge in [-0.2, -0.15) is 0 Å². The molecule has 0 radical (unpaired) electrons. The summed E-state index contributed by atoms with van der Waals surface area (Å²) in [5.41, 5.74) is 5.43. The molecule has 3 atom stereocenters. The van der Waals surface area contributed by atoms with E-state index >= 15 is 0 Å². The molecule has 1 aliphatic carbocycles. The number of esters is 3. The highest BCUT2D eigenvalue weighted by atomic mass is 16.6. The van der Waals surface area contributed by atoms with Crippen LogP contribution < -0.4 is 27.0 Å². The van der Waals surface area contributed by atoms with Crippen molar-refractivity contribution in [1.29, 1.82) is 0 Å². The number of urea groups is 1. The first-order valence-corrected chi connectivity index (χ1v) is 20.0. The van der Waals surface area contributed by atoms with Gasteiger partial charge >= 0.3 is 23.9 Å². The number of benzene rings is 1. The molecule has 0 heterocycles. The molecule has 1 aromatic rings. The molecule has 0 bridgehead atoms. The maximum absolute atomic E-state index is 13.5. The van der Waals surface area contributed by atoms with E-state index in [1.54, 1.807) is 62.3 Å². The van der Waals surface area contributed by atoms with Gasteiger partial charge in [0.1, 0.15) is 34.9 Å². The van der Waals surface area contributed by atoms with Crippen molar-refractivity contribution in [3.05, 3.63) is 35.4 Å². The second-order valence-electron chi connectivity index (χ2n) is 17.9. The van der Waals surface area contributed by atoms with Crippen molar-refractivity contribution in [1.82, 2.24) is 21.3 Å². The Kier molecular flexibility index (Phi) is 18.8. The van der Waals surface area contributed by atoms with Crippen LogP contribution >= 0.6 is 0 Å². The number of rotatable bonds is 18. The van der Waals surface area contributed by atoms with E-state index in [0.717, 1.165) is 36.8 Å². The van der Waals surface area contributed by atoms with E-state index in [4.69, 9.17) is 19.9 Å². The number of unbranched alkanes of at least 4 members (excludes halogenated alkanes) is 1. The molecule has 4 amide bonds. The molecule has 14 nitrogen and oxygen atoms in total. The lowest BCUT2D eigenvalue weighted by Gasteiger charge is -2.28. The van der Waals surface area contributed by atoms with Crippen LogP contribution in [0.2, 0.25) is 0 Å². The highest BCUT2D eigenvalue weighted by Crippen LogP contribution is 2.28. The predicted octanol–water partition coefficient (Wildman–Crippen LogP) is 4.92. The van der Waals surface area contributed by atoms with Crippen molar-refractivity contribution in [3.8, 4) is 0 Å². The Morgan fingerprint density at radius 2 is 1.21 bits per heavy atom. The van der Waals surface area contributed by atoms with Gasteiger partial charge in [0.05, 0.1) is 0 Å². The zero-order valence-electron chi connectivity index (χ0n) is 35.4. The Hall–Kier alpha value is -4.20. The van der Waals surface area contributed by atoms with Crippen molar-refractivity contribution in [2.75, 3.05) is 13.1 Å². The minimum absolute atomic E-state index is 0.0885. The summed E-state index contributed by atoms with van der Waals surface area (Å²) in [7, 11) is 0. The Bertz CT molecular complexity index is 1450. The molecule has 0 unspecified atom stereocenters. The van der Waals surface area contributed by atoms with Crippen LogP contribution in [0.25, 0.3) is 0 Å². The smallest absolute Gasteiger partial charge is 0.329 e. The molecular formula is C42H69N5O9. The summed E-state index contributed by atoms with van der Waals surface area (Å²) in [6.45, 7) is 18.2. The van der Waals surface area contributed by atoms with Crippen molar-refractivity contribution in [2.45, 2.75) is 168 Å². The minimum atomic E-state index is -1.20. The van der Waals surface area contributed by atoms with Gasteiger partial charge in [-0.3, -0.25) is 14.4 Å². The molecule has 1 aliphatic rings. The number of carbonyl (C=O) groups is 6. The van der Waals surface area contributed by atoms with Crippen molar-refractivity contribution in [3.63, 3.8) is 0 Å². The van der Waals surface area contributed by atoms with Gasteiger partial charge in [0, 0.05) is 25.3 Å². The van der Waals surface area contributed by atoms with Gasteiger partial charge in [0.15, 0.2) is 0 Å². The number of amides is 4. The lowest BCUT2D eigenvalue weighted by Crippen LogP contribution is -2.53. The van der Waals surface area contributed by atoms with Crippen LogP contribution in [-0.4, -0.2) is 83.8 Å². The zero-order chi connectivity index (χ0) is 42.3. The molecule has 0 aliphatic heterocycles. The Morgan fingerprint density at radius 3 is 1.71 bits per heavy atom. The standard InChI is InChI=1S/C42H69N5O9/c1-27-14-16-28(17-15-27)25-33(45-35(49)30-20-18-29(26-43)19-21-30)36(50)44-24-12-11-13-31(37(51)55-41(5,6)7)46-39(53)47-32(38(52)56-42(8,9)10)22-23-34(48)54-40(2,3)4/h14-17,29-33H,11-13,18-26,43H2,1-10H3,(H,44,50)(H,45,49)(H2,46,47,53)/t29?,30?,31-,32-,33-/m0/s1. The molecule has 6 N–H and O–H groups in total. The summed E-state index contributed by atoms with van der Waals surface area (Å²) in [5, 5.41) is 11.1. The molecule has 14 heteroatoms. The van der Waals surface area contributed by atoms with Crippen LogP contribution in [0.15, 0.2) is 24.3 Å². The number of nitrogens with two attached hydrogens (primary N) is 1. The van der Waals surface area contributed by atoms with Crippen LogP contribution in [0, 0.1) is 18.8 Å². The molecule has 0 spiro atoms. The van der Waals surface area contributed by atoms with Gasteiger partial charge in [-0.15, -0.1) is 0 Å². The number of hydrogen-bond donors (Lipinski definition) is 5. The average molecular weight is 788 g/mol. The largest absolute Gasteiger partial charge is 0.460 e. The summed E-state index contributed by atoms with van der Waals surface area (Å²) >= 11 is 0. The molecule has 56 heavy (non-hydrogen) atoms. The van der Waals surface area contributed by atoms with Gasteiger partial charge in [0.25, 0.3) is 0 Å². The summed E-state index contributed by atoms with van der Waals surface area (Å²) in [6.07, 6.45) is 4.39. The summed E-state index contributed by atoms with van der Waals surface area (Å²) in [5.74, 6) is -2.12.